The predicted molar refractivity (Wildman–Crippen MR) is 97.8 cm³/mol. The van der Waals surface area contributed by atoms with Crippen LogP contribution in [0, 0.1) is 0 Å². The molecule has 1 saturated heterocycles. The molecule has 0 saturated carbocycles. The first-order valence-corrected chi connectivity index (χ1v) is 9.85. The molecule has 2 rings (SSSR count). The Hall–Kier alpha value is -1.97. The molecule has 144 valence electrons. The fraction of sp³-hybridized carbons (Fsp3) is 0.529. The standard InChI is InChI=1S/C17H26N4O4S/c1-19(2)26(24,25)14-7-4-13(5-8-14)6-9-16(22)21-11-10-20(3)15(12-21)17(18)23/h4-5,7-8,15H,6,9-12H2,1-3H3,(H2,18,23)/t15-/m1/s1. The van der Waals surface area contributed by atoms with Gasteiger partial charge < -0.3 is 10.6 Å². The lowest BCUT2D eigenvalue weighted by Gasteiger charge is -2.37. The van der Waals surface area contributed by atoms with Crippen molar-refractivity contribution in [3.05, 3.63) is 29.8 Å². The molecule has 0 bridgehead atoms. The Bertz CT molecular complexity index is 761. The molecular formula is C17H26N4O4S. The quantitative estimate of drug-likeness (QED) is 0.714. The SMILES string of the molecule is CN1CCN(C(=O)CCc2ccc(S(=O)(=O)N(C)C)cc2)C[C@@H]1C(N)=O. The second kappa shape index (κ2) is 8.15. The summed E-state index contributed by atoms with van der Waals surface area (Å²) in [6, 6.07) is 6.09. The lowest BCUT2D eigenvalue weighted by atomic mass is 10.1. The van der Waals surface area contributed by atoms with Gasteiger partial charge in [-0.05, 0) is 31.2 Å². The number of nitrogens with two attached hydrogens (primary N) is 1. The van der Waals surface area contributed by atoms with Crippen molar-refractivity contribution in [2.75, 3.05) is 40.8 Å². The molecule has 2 amide bonds. The van der Waals surface area contributed by atoms with E-state index in [2.05, 4.69) is 0 Å². The first-order valence-electron chi connectivity index (χ1n) is 8.41. The van der Waals surface area contributed by atoms with E-state index in [1.54, 1.807) is 29.2 Å². The zero-order valence-corrected chi connectivity index (χ0v) is 16.2. The van der Waals surface area contributed by atoms with Crippen molar-refractivity contribution < 1.29 is 18.0 Å². The minimum atomic E-state index is -3.45. The molecule has 1 aliphatic heterocycles. The predicted octanol–water partition coefficient (Wildman–Crippen LogP) is -0.503. The average molecular weight is 382 g/mol. The van der Waals surface area contributed by atoms with E-state index in [0.717, 1.165) is 9.87 Å². The third-order valence-corrected chi connectivity index (χ3v) is 6.49. The number of rotatable bonds is 6. The highest BCUT2D eigenvalue weighted by Gasteiger charge is 2.30. The minimum Gasteiger partial charge on any atom is -0.368 e. The van der Waals surface area contributed by atoms with Crippen LogP contribution >= 0.6 is 0 Å². The van der Waals surface area contributed by atoms with E-state index in [4.69, 9.17) is 5.73 Å². The van der Waals surface area contributed by atoms with Crippen LogP contribution < -0.4 is 5.73 Å². The van der Waals surface area contributed by atoms with Crippen LogP contribution in [0.4, 0.5) is 0 Å². The molecule has 1 aliphatic rings. The third-order valence-electron chi connectivity index (χ3n) is 4.66. The van der Waals surface area contributed by atoms with Gasteiger partial charge in [0.1, 0.15) is 6.04 Å². The molecule has 0 aliphatic carbocycles. The van der Waals surface area contributed by atoms with Crippen LogP contribution in [0.3, 0.4) is 0 Å². The average Bonchev–Trinajstić information content (AvgIpc) is 2.60. The van der Waals surface area contributed by atoms with Crippen LogP contribution in [-0.4, -0.2) is 81.2 Å². The molecule has 0 unspecified atom stereocenters. The molecule has 1 aromatic rings. The van der Waals surface area contributed by atoms with Gasteiger partial charge in [0.15, 0.2) is 0 Å². The van der Waals surface area contributed by atoms with E-state index < -0.39 is 22.0 Å². The minimum absolute atomic E-state index is 0.0330. The Morgan fingerprint density at radius 2 is 1.81 bits per heavy atom. The van der Waals surface area contributed by atoms with Gasteiger partial charge in [0.25, 0.3) is 0 Å². The molecule has 0 aromatic heterocycles. The number of aryl methyl sites for hydroxylation is 1. The lowest BCUT2D eigenvalue weighted by molar-refractivity contribution is -0.136. The first kappa shape index (κ1) is 20.3. The zero-order chi connectivity index (χ0) is 19.5. The normalized spacial score (nSPS) is 18.9. The highest BCUT2D eigenvalue weighted by molar-refractivity contribution is 7.89. The third kappa shape index (κ3) is 4.60. The molecule has 0 radical (unpaired) electrons. The zero-order valence-electron chi connectivity index (χ0n) is 15.4. The molecule has 1 fully saturated rings. The van der Waals surface area contributed by atoms with Crippen molar-refractivity contribution in [2.24, 2.45) is 5.73 Å². The van der Waals surface area contributed by atoms with E-state index in [1.165, 1.54) is 14.1 Å². The molecule has 1 atom stereocenters. The molecule has 2 N–H and O–H groups in total. The van der Waals surface area contributed by atoms with Gasteiger partial charge in [0.05, 0.1) is 4.90 Å². The van der Waals surface area contributed by atoms with Crippen molar-refractivity contribution >= 4 is 21.8 Å². The van der Waals surface area contributed by atoms with Gasteiger partial charge in [-0.3, -0.25) is 14.5 Å². The monoisotopic (exact) mass is 382 g/mol. The number of hydrogen-bond acceptors (Lipinski definition) is 5. The van der Waals surface area contributed by atoms with E-state index in [1.807, 2.05) is 11.9 Å². The van der Waals surface area contributed by atoms with Gasteiger partial charge >= 0.3 is 0 Å². The molecule has 1 aromatic carbocycles. The highest BCUT2D eigenvalue weighted by Crippen LogP contribution is 2.16. The van der Waals surface area contributed by atoms with Gasteiger partial charge in [0, 0.05) is 40.2 Å². The Morgan fingerprint density at radius 1 is 1.19 bits per heavy atom. The number of sulfonamides is 1. The number of carbonyl (C=O) groups is 2. The summed E-state index contributed by atoms with van der Waals surface area (Å²) >= 11 is 0. The Kier molecular flexibility index (Phi) is 6.38. The second-order valence-corrected chi connectivity index (χ2v) is 8.82. The Labute approximate surface area is 154 Å². The molecule has 1 heterocycles. The Balaban J connectivity index is 1.94. The van der Waals surface area contributed by atoms with Gasteiger partial charge in [-0.2, -0.15) is 0 Å². The number of likely N-dealkylation sites (N-methyl/N-ethyl adjacent to an activating group) is 1. The summed E-state index contributed by atoms with van der Waals surface area (Å²) in [5.41, 5.74) is 6.27. The fourth-order valence-corrected chi connectivity index (χ4v) is 3.76. The van der Waals surface area contributed by atoms with Crippen LogP contribution in [0.25, 0.3) is 0 Å². The smallest absolute Gasteiger partial charge is 0.242 e. The highest BCUT2D eigenvalue weighted by atomic mass is 32.2. The first-order chi connectivity index (χ1) is 12.1. The van der Waals surface area contributed by atoms with Crippen LogP contribution in [0.1, 0.15) is 12.0 Å². The summed E-state index contributed by atoms with van der Waals surface area (Å²) in [5.74, 6) is -0.461. The maximum atomic E-state index is 12.4. The maximum Gasteiger partial charge on any atom is 0.242 e. The molecule has 26 heavy (non-hydrogen) atoms. The summed E-state index contributed by atoms with van der Waals surface area (Å²) < 4.78 is 25.3. The Morgan fingerprint density at radius 3 is 2.35 bits per heavy atom. The molecule has 9 heteroatoms. The van der Waals surface area contributed by atoms with Crippen molar-refractivity contribution in [2.45, 2.75) is 23.8 Å². The number of nitrogens with zero attached hydrogens (tertiary/aromatic N) is 3. The van der Waals surface area contributed by atoms with Crippen molar-refractivity contribution in [3.8, 4) is 0 Å². The summed E-state index contributed by atoms with van der Waals surface area (Å²) in [6.45, 7) is 1.49. The molecule has 8 nitrogen and oxygen atoms in total. The summed E-state index contributed by atoms with van der Waals surface area (Å²) in [5, 5.41) is 0. The van der Waals surface area contributed by atoms with E-state index >= 15 is 0 Å². The topological polar surface area (TPSA) is 104 Å². The number of carbonyl (C=O) groups excluding carboxylic acids is 2. The van der Waals surface area contributed by atoms with Crippen LogP contribution in [0.2, 0.25) is 0 Å². The molecular weight excluding hydrogens is 356 g/mol. The largest absolute Gasteiger partial charge is 0.368 e. The second-order valence-electron chi connectivity index (χ2n) is 6.67. The number of benzene rings is 1. The van der Waals surface area contributed by atoms with E-state index in [-0.39, 0.29) is 10.8 Å². The maximum absolute atomic E-state index is 12.4. The van der Waals surface area contributed by atoms with E-state index in [9.17, 15) is 18.0 Å². The summed E-state index contributed by atoms with van der Waals surface area (Å²) in [4.78, 5) is 27.6. The van der Waals surface area contributed by atoms with Crippen LogP contribution in [0.15, 0.2) is 29.2 Å². The van der Waals surface area contributed by atoms with Crippen LogP contribution in [-0.2, 0) is 26.0 Å². The summed E-state index contributed by atoms with van der Waals surface area (Å²) in [6.07, 6.45) is 0.809. The number of piperazine rings is 1. The number of hydrogen-bond donors (Lipinski definition) is 1. The van der Waals surface area contributed by atoms with E-state index in [0.29, 0.717) is 32.5 Å². The lowest BCUT2D eigenvalue weighted by Crippen LogP contribution is -2.57. The fourth-order valence-electron chi connectivity index (χ4n) is 2.86. The van der Waals surface area contributed by atoms with Gasteiger partial charge in [-0.15, -0.1) is 0 Å². The van der Waals surface area contributed by atoms with Crippen molar-refractivity contribution in [1.82, 2.24) is 14.1 Å². The summed E-state index contributed by atoms with van der Waals surface area (Å²) in [7, 11) is 1.34. The number of amides is 2. The molecule has 0 spiro atoms. The van der Waals surface area contributed by atoms with Gasteiger partial charge in [-0.1, -0.05) is 12.1 Å². The van der Waals surface area contributed by atoms with Gasteiger partial charge in [0.2, 0.25) is 21.8 Å². The number of primary amides is 1. The van der Waals surface area contributed by atoms with Gasteiger partial charge in [-0.25, -0.2) is 12.7 Å². The van der Waals surface area contributed by atoms with Crippen molar-refractivity contribution in [1.29, 1.82) is 0 Å². The van der Waals surface area contributed by atoms with Crippen LogP contribution in [0.5, 0.6) is 0 Å². The van der Waals surface area contributed by atoms with Crippen molar-refractivity contribution in [3.63, 3.8) is 0 Å².